The largest absolute Gasteiger partial charge is 0.550 e. The summed E-state index contributed by atoms with van der Waals surface area (Å²) in [5.74, 6) is -1.36. The van der Waals surface area contributed by atoms with Gasteiger partial charge in [-0.3, -0.25) is 9.69 Å². The van der Waals surface area contributed by atoms with Gasteiger partial charge in [0.2, 0.25) is 0 Å². The van der Waals surface area contributed by atoms with Crippen molar-refractivity contribution < 1.29 is 29.0 Å². The van der Waals surface area contributed by atoms with Crippen LogP contribution in [0.3, 0.4) is 0 Å². The molecule has 136 valence electrons. The van der Waals surface area contributed by atoms with Crippen LogP contribution in [0.5, 0.6) is 0 Å². The Balaban J connectivity index is 2.04. The highest BCUT2D eigenvalue weighted by Crippen LogP contribution is 2.22. The molecule has 8 nitrogen and oxygen atoms in total. The van der Waals surface area contributed by atoms with Gasteiger partial charge in [-0.2, -0.15) is 0 Å². The number of nitrogens with zero attached hydrogens (tertiary/aromatic N) is 2. The second-order valence-electron chi connectivity index (χ2n) is 5.57. The lowest BCUT2D eigenvalue weighted by Gasteiger charge is -2.28. The monoisotopic (exact) mass is 349 g/mol. The van der Waals surface area contributed by atoms with Gasteiger partial charge in [0.1, 0.15) is 0 Å². The SMILES string of the molecule is CN(C(=O)OCCCC(=O)[O-])c1ccccc1C(=O)N1CCOCC1. The number of benzene rings is 1. The lowest BCUT2D eigenvalue weighted by Crippen LogP contribution is -2.41. The van der Waals surface area contributed by atoms with E-state index in [1.54, 1.807) is 29.2 Å². The minimum atomic E-state index is -1.19. The second-order valence-corrected chi connectivity index (χ2v) is 5.57. The molecule has 0 saturated carbocycles. The zero-order valence-electron chi connectivity index (χ0n) is 14.1. The van der Waals surface area contributed by atoms with E-state index in [1.807, 2.05) is 0 Å². The summed E-state index contributed by atoms with van der Waals surface area (Å²) in [6, 6.07) is 6.78. The van der Waals surface area contributed by atoms with Crippen molar-refractivity contribution in [3.63, 3.8) is 0 Å². The topological polar surface area (TPSA) is 99.2 Å². The summed E-state index contributed by atoms with van der Waals surface area (Å²) in [6.07, 6.45) is -0.653. The van der Waals surface area contributed by atoms with Gasteiger partial charge in [-0.25, -0.2) is 4.79 Å². The molecule has 1 aliphatic heterocycles. The van der Waals surface area contributed by atoms with Crippen molar-refractivity contribution in [1.29, 1.82) is 0 Å². The summed E-state index contributed by atoms with van der Waals surface area (Å²) in [6.45, 7) is 1.96. The highest BCUT2D eigenvalue weighted by Gasteiger charge is 2.24. The molecule has 2 amide bonds. The van der Waals surface area contributed by atoms with E-state index in [1.165, 1.54) is 11.9 Å². The third kappa shape index (κ3) is 5.18. The zero-order chi connectivity index (χ0) is 18.2. The van der Waals surface area contributed by atoms with E-state index in [9.17, 15) is 19.5 Å². The number of rotatable bonds is 6. The molecule has 0 unspecified atom stereocenters. The van der Waals surface area contributed by atoms with Crippen molar-refractivity contribution in [3.8, 4) is 0 Å². The molecular formula is C17H21N2O6-. The number of amides is 2. The van der Waals surface area contributed by atoms with Gasteiger partial charge in [0.05, 0.1) is 31.1 Å². The van der Waals surface area contributed by atoms with Crippen LogP contribution in [0.15, 0.2) is 24.3 Å². The van der Waals surface area contributed by atoms with Crippen LogP contribution in [0.25, 0.3) is 0 Å². The predicted molar refractivity (Wildman–Crippen MR) is 87.2 cm³/mol. The normalized spacial score (nSPS) is 14.0. The Morgan fingerprint density at radius 2 is 1.92 bits per heavy atom. The van der Waals surface area contributed by atoms with Gasteiger partial charge in [-0.1, -0.05) is 12.1 Å². The Kier molecular flexibility index (Phi) is 6.76. The molecule has 1 saturated heterocycles. The molecule has 0 N–H and O–H groups in total. The lowest BCUT2D eigenvalue weighted by atomic mass is 10.1. The fourth-order valence-corrected chi connectivity index (χ4v) is 2.45. The van der Waals surface area contributed by atoms with Crippen molar-refractivity contribution >= 4 is 23.7 Å². The van der Waals surface area contributed by atoms with Crippen LogP contribution in [0.1, 0.15) is 23.2 Å². The van der Waals surface area contributed by atoms with E-state index in [-0.39, 0.29) is 25.4 Å². The number of carbonyl (C=O) groups excluding carboxylic acids is 3. The summed E-state index contributed by atoms with van der Waals surface area (Å²) >= 11 is 0. The number of carboxylic acids is 1. The predicted octanol–water partition coefficient (Wildman–Crippen LogP) is 0.262. The van der Waals surface area contributed by atoms with E-state index in [0.717, 1.165) is 0 Å². The van der Waals surface area contributed by atoms with Crippen LogP contribution in [0, 0.1) is 0 Å². The number of morpholine rings is 1. The molecule has 0 spiro atoms. The number of carbonyl (C=O) groups is 3. The summed E-state index contributed by atoms with van der Waals surface area (Å²) in [4.78, 5) is 38.1. The summed E-state index contributed by atoms with van der Waals surface area (Å²) in [5, 5.41) is 10.4. The van der Waals surface area contributed by atoms with Gasteiger partial charge in [-0.05, 0) is 25.0 Å². The molecule has 1 heterocycles. The van der Waals surface area contributed by atoms with Crippen LogP contribution in [-0.4, -0.2) is 62.8 Å². The Bertz CT molecular complexity index is 627. The molecule has 0 aliphatic carbocycles. The fourth-order valence-electron chi connectivity index (χ4n) is 2.45. The molecular weight excluding hydrogens is 328 g/mol. The van der Waals surface area contributed by atoms with Gasteiger partial charge in [-0.15, -0.1) is 0 Å². The minimum Gasteiger partial charge on any atom is -0.550 e. The number of anilines is 1. The van der Waals surface area contributed by atoms with E-state index >= 15 is 0 Å². The van der Waals surface area contributed by atoms with Crippen LogP contribution in [-0.2, 0) is 14.3 Å². The zero-order valence-corrected chi connectivity index (χ0v) is 14.1. The number of aliphatic carboxylic acids is 1. The smallest absolute Gasteiger partial charge is 0.414 e. The number of para-hydroxylation sites is 1. The lowest BCUT2D eigenvalue weighted by molar-refractivity contribution is -0.305. The molecule has 0 radical (unpaired) electrons. The summed E-state index contributed by atoms with van der Waals surface area (Å²) < 4.78 is 10.3. The second kappa shape index (κ2) is 9.03. The van der Waals surface area contributed by atoms with E-state index in [0.29, 0.717) is 37.6 Å². The number of hydrogen-bond donors (Lipinski definition) is 0. The van der Waals surface area contributed by atoms with Gasteiger partial charge >= 0.3 is 6.09 Å². The van der Waals surface area contributed by atoms with E-state index < -0.39 is 12.1 Å². The molecule has 1 fully saturated rings. The van der Waals surface area contributed by atoms with Crippen molar-refractivity contribution in [2.45, 2.75) is 12.8 Å². The van der Waals surface area contributed by atoms with Gasteiger partial charge in [0.25, 0.3) is 5.91 Å². The van der Waals surface area contributed by atoms with Gasteiger partial charge in [0.15, 0.2) is 0 Å². The maximum atomic E-state index is 12.7. The van der Waals surface area contributed by atoms with Gasteiger partial charge in [0, 0.05) is 26.1 Å². The maximum Gasteiger partial charge on any atom is 0.414 e. The third-order valence-corrected chi connectivity index (χ3v) is 3.82. The molecule has 1 aromatic carbocycles. The Labute approximate surface area is 145 Å². The fraction of sp³-hybridized carbons (Fsp3) is 0.471. The highest BCUT2D eigenvalue weighted by atomic mass is 16.6. The van der Waals surface area contributed by atoms with Crippen LogP contribution >= 0.6 is 0 Å². The molecule has 0 bridgehead atoms. The average molecular weight is 349 g/mol. The summed E-state index contributed by atoms with van der Waals surface area (Å²) in [5.41, 5.74) is 0.836. The summed E-state index contributed by atoms with van der Waals surface area (Å²) in [7, 11) is 1.51. The molecule has 0 atom stereocenters. The number of hydrogen-bond acceptors (Lipinski definition) is 6. The third-order valence-electron chi connectivity index (χ3n) is 3.82. The van der Waals surface area contributed by atoms with Crippen molar-refractivity contribution in [3.05, 3.63) is 29.8 Å². The molecule has 8 heteroatoms. The number of ether oxygens (including phenoxy) is 2. The van der Waals surface area contributed by atoms with Crippen molar-refractivity contribution in [2.24, 2.45) is 0 Å². The molecule has 1 aromatic rings. The van der Waals surface area contributed by atoms with E-state index in [4.69, 9.17) is 9.47 Å². The maximum absolute atomic E-state index is 12.7. The van der Waals surface area contributed by atoms with E-state index in [2.05, 4.69) is 0 Å². The first kappa shape index (κ1) is 18.7. The van der Waals surface area contributed by atoms with Crippen LogP contribution < -0.4 is 10.0 Å². The molecule has 0 aromatic heterocycles. The highest BCUT2D eigenvalue weighted by molar-refractivity contribution is 6.03. The Morgan fingerprint density at radius 1 is 1.24 bits per heavy atom. The number of carboxylic acid groups (broad SMARTS) is 1. The first-order valence-electron chi connectivity index (χ1n) is 8.07. The Morgan fingerprint density at radius 3 is 2.60 bits per heavy atom. The van der Waals surface area contributed by atoms with Crippen molar-refractivity contribution in [1.82, 2.24) is 4.90 Å². The van der Waals surface area contributed by atoms with Crippen LogP contribution in [0.2, 0.25) is 0 Å². The van der Waals surface area contributed by atoms with Crippen molar-refractivity contribution in [2.75, 3.05) is 44.9 Å². The molecule has 2 rings (SSSR count). The first-order valence-corrected chi connectivity index (χ1v) is 8.07. The Hall–Kier alpha value is -2.61. The quantitative estimate of drug-likeness (QED) is 0.683. The average Bonchev–Trinajstić information content (AvgIpc) is 2.64. The standard InChI is InChI=1S/C17H22N2O6/c1-18(17(23)25-10-4-7-15(20)21)14-6-3-2-5-13(14)16(22)19-8-11-24-12-9-19/h2-3,5-6H,4,7-12H2,1H3,(H,20,21)/p-1. The molecule has 1 aliphatic rings. The minimum absolute atomic E-state index is 0.0310. The van der Waals surface area contributed by atoms with Gasteiger partial charge < -0.3 is 24.3 Å². The molecule has 25 heavy (non-hydrogen) atoms. The first-order chi connectivity index (χ1) is 12.0. The van der Waals surface area contributed by atoms with Crippen LogP contribution in [0.4, 0.5) is 10.5 Å².